The Morgan fingerprint density at radius 3 is 2.82 bits per heavy atom. The molecule has 1 nitrogen and oxygen atoms in total. The molecule has 0 unspecified atom stereocenters. The van der Waals surface area contributed by atoms with Gasteiger partial charge in [0, 0.05) is 6.42 Å². The molecule has 1 aliphatic carbocycles. The van der Waals surface area contributed by atoms with Crippen LogP contribution < -0.4 is 0 Å². The van der Waals surface area contributed by atoms with Crippen molar-refractivity contribution in [1.29, 1.82) is 0 Å². The van der Waals surface area contributed by atoms with Gasteiger partial charge in [-0.1, -0.05) is 12.5 Å². The van der Waals surface area contributed by atoms with E-state index in [9.17, 15) is 4.39 Å². The fraction of sp³-hybridized carbons (Fsp3) is 0.556. The normalized spacial score (nSPS) is 18.3. The Kier molecular flexibility index (Phi) is 2.69. The first-order valence-electron chi connectivity index (χ1n) is 3.90. The summed E-state index contributed by atoms with van der Waals surface area (Å²) in [6.07, 6.45) is 4.14. The molecule has 0 radical (unpaired) electrons. The van der Waals surface area contributed by atoms with Crippen molar-refractivity contribution in [1.82, 2.24) is 0 Å². The molecule has 0 N–H and O–H groups in total. The summed E-state index contributed by atoms with van der Waals surface area (Å²) in [4.78, 5) is 0. The fourth-order valence-corrected chi connectivity index (χ4v) is 1.18. The van der Waals surface area contributed by atoms with Crippen LogP contribution in [0.4, 0.5) is 4.39 Å². The van der Waals surface area contributed by atoms with Crippen LogP contribution in [0.1, 0.15) is 26.2 Å². The van der Waals surface area contributed by atoms with Gasteiger partial charge in [-0.3, -0.25) is 0 Å². The zero-order valence-electron chi connectivity index (χ0n) is 6.98. The summed E-state index contributed by atoms with van der Waals surface area (Å²) in [5, 5.41) is 0. The number of ether oxygens (including phenoxy) is 1. The van der Waals surface area contributed by atoms with Crippen molar-refractivity contribution in [2.75, 3.05) is 7.11 Å². The van der Waals surface area contributed by atoms with Gasteiger partial charge in [-0.15, -0.1) is 0 Å². The summed E-state index contributed by atoms with van der Waals surface area (Å²) in [6.45, 7) is 2.07. The van der Waals surface area contributed by atoms with Gasteiger partial charge in [-0.2, -0.15) is 0 Å². The molecular weight excluding hydrogens is 143 g/mol. The SMILES string of the molecule is CCC1=CC(OC)=C(F)CC1. The number of allylic oxidation sites excluding steroid dienone is 3. The van der Waals surface area contributed by atoms with Gasteiger partial charge in [0.05, 0.1) is 7.11 Å². The maximum atomic E-state index is 12.9. The van der Waals surface area contributed by atoms with Gasteiger partial charge in [-0.05, 0) is 18.9 Å². The molecule has 0 saturated carbocycles. The predicted molar refractivity (Wildman–Crippen MR) is 42.8 cm³/mol. The lowest BCUT2D eigenvalue weighted by Gasteiger charge is -2.12. The third-order valence-corrected chi connectivity index (χ3v) is 1.94. The second-order valence-corrected chi connectivity index (χ2v) is 2.63. The molecule has 0 amide bonds. The second-order valence-electron chi connectivity index (χ2n) is 2.63. The van der Waals surface area contributed by atoms with Crippen LogP contribution in [0.3, 0.4) is 0 Å². The van der Waals surface area contributed by atoms with Gasteiger partial charge >= 0.3 is 0 Å². The summed E-state index contributed by atoms with van der Waals surface area (Å²) < 4.78 is 17.7. The topological polar surface area (TPSA) is 9.23 Å². The number of halogens is 1. The molecule has 0 aromatic heterocycles. The van der Waals surface area contributed by atoms with Crippen LogP contribution in [0.5, 0.6) is 0 Å². The van der Waals surface area contributed by atoms with E-state index in [4.69, 9.17) is 4.74 Å². The Bertz CT molecular complexity index is 204. The number of hydrogen-bond acceptors (Lipinski definition) is 1. The van der Waals surface area contributed by atoms with Crippen LogP contribution in [0.25, 0.3) is 0 Å². The van der Waals surface area contributed by atoms with E-state index in [2.05, 4.69) is 6.92 Å². The standard InChI is InChI=1S/C9H13FO/c1-3-7-4-5-8(10)9(6-7)11-2/h6H,3-5H2,1-2H3. The summed E-state index contributed by atoms with van der Waals surface area (Å²) in [5.41, 5.74) is 1.27. The van der Waals surface area contributed by atoms with E-state index < -0.39 is 0 Å². The van der Waals surface area contributed by atoms with E-state index in [1.54, 1.807) is 6.08 Å². The van der Waals surface area contributed by atoms with Gasteiger partial charge in [0.25, 0.3) is 0 Å². The van der Waals surface area contributed by atoms with Gasteiger partial charge in [0.1, 0.15) is 11.6 Å². The molecule has 62 valence electrons. The van der Waals surface area contributed by atoms with E-state index in [1.165, 1.54) is 12.7 Å². The minimum absolute atomic E-state index is 0.121. The minimum atomic E-state index is -0.121. The quantitative estimate of drug-likeness (QED) is 0.597. The molecule has 0 bridgehead atoms. The Morgan fingerprint density at radius 2 is 2.27 bits per heavy atom. The van der Waals surface area contributed by atoms with Crippen molar-refractivity contribution >= 4 is 0 Å². The maximum Gasteiger partial charge on any atom is 0.150 e. The highest BCUT2D eigenvalue weighted by Crippen LogP contribution is 2.26. The third-order valence-electron chi connectivity index (χ3n) is 1.94. The lowest BCUT2D eigenvalue weighted by atomic mass is 10.0. The highest BCUT2D eigenvalue weighted by Gasteiger charge is 2.11. The number of hydrogen-bond donors (Lipinski definition) is 0. The fourth-order valence-electron chi connectivity index (χ4n) is 1.18. The molecule has 0 atom stereocenters. The zero-order valence-corrected chi connectivity index (χ0v) is 6.98. The molecule has 0 aliphatic heterocycles. The Hall–Kier alpha value is -0.790. The molecule has 1 rings (SSSR count). The molecule has 0 fully saturated rings. The number of methoxy groups -OCH3 is 1. The Labute approximate surface area is 66.6 Å². The number of rotatable bonds is 2. The van der Waals surface area contributed by atoms with E-state index in [0.29, 0.717) is 12.2 Å². The summed E-state index contributed by atoms with van der Waals surface area (Å²) in [5.74, 6) is 0.290. The molecule has 0 aromatic rings. The van der Waals surface area contributed by atoms with Crippen molar-refractivity contribution in [3.63, 3.8) is 0 Å². The Balaban J connectivity index is 2.78. The zero-order chi connectivity index (χ0) is 8.27. The average molecular weight is 156 g/mol. The molecule has 0 aromatic carbocycles. The van der Waals surface area contributed by atoms with Crippen LogP contribution in [0, 0.1) is 0 Å². The van der Waals surface area contributed by atoms with Gasteiger partial charge in [-0.25, -0.2) is 4.39 Å². The highest BCUT2D eigenvalue weighted by molar-refractivity contribution is 5.26. The van der Waals surface area contributed by atoms with Crippen LogP contribution in [0.2, 0.25) is 0 Å². The summed E-state index contributed by atoms with van der Waals surface area (Å²) in [7, 11) is 1.50. The van der Waals surface area contributed by atoms with E-state index in [-0.39, 0.29) is 5.83 Å². The second kappa shape index (κ2) is 3.56. The summed E-state index contributed by atoms with van der Waals surface area (Å²) in [6, 6.07) is 0. The summed E-state index contributed by atoms with van der Waals surface area (Å²) >= 11 is 0. The maximum absolute atomic E-state index is 12.9. The molecule has 0 saturated heterocycles. The van der Waals surface area contributed by atoms with Gasteiger partial charge in [0.2, 0.25) is 0 Å². The van der Waals surface area contributed by atoms with Crippen LogP contribution in [-0.4, -0.2) is 7.11 Å². The van der Waals surface area contributed by atoms with Crippen LogP contribution >= 0.6 is 0 Å². The monoisotopic (exact) mass is 156 g/mol. The first-order valence-corrected chi connectivity index (χ1v) is 3.90. The van der Waals surface area contributed by atoms with Crippen molar-refractivity contribution in [3.05, 3.63) is 23.2 Å². The van der Waals surface area contributed by atoms with E-state index in [1.807, 2.05) is 0 Å². The molecule has 1 aliphatic rings. The molecular formula is C9H13FO. The first-order chi connectivity index (χ1) is 5.27. The van der Waals surface area contributed by atoms with Gasteiger partial charge < -0.3 is 4.74 Å². The first kappa shape index (κ1) is 8.31. The average Bonchev–Trinajstić information content (AvgIpc) is 2.05. The molecule has 11 heavy (non-hydrogen) atoms. The lowest BCUT2D eigenvalue weighted by Crippen LogP contribution is -1.97. The van der Waals surface area contributed by atoms with E-state index in [0.717, 1.165) is 12.8 Å². The predicted octanol–water partition coefficient (Wildman–Crippen LogP) is 2.94. The van der Waals surface area contributed by atoms with Gasteiger partial charge in [0.15, 0.2) is 0 Å². The lowest BCUT2D eigenvalue weighted by molar-refractivity contribution is 0.283. The van der Waals surface area contributed by atoms with Crippen molar-refractivity contribution in [2.45, 2.75) is 26.2 Å². The van der Waals surface area contributed by atoms with E-state index >= 15 is 0 Å². The smallest absolute Gasteiger partial charge is 0.150 e. The molecule has 0 heterocycles. The van der Waals surface area contributed by atoms with Crippen LogP contribution in [-0.2, 0) is 4.74 Å². The van der Waals surface area contributed by atoms with Crippen molar-refractivity contribution in [2.24, 2.45) is 0 Å². The minimum Gasteiger partial charge on any atom is -0.494 e. The third kappa shape index (κ3) is 1.82. The Morgan fingerprint density at radius 1 is 1.55 bits per heavy atom. The van der Waals surface area contributed by atoms with Crippen LogP contribution in [0.15, 0.2) is 23.2 Å². The molecule has 2 heteroatoms. The largest absolute Gasteiger partial charge is 0.494 e. The van der Waals surface area contributed by atoms with Crippen molar-refractivity contribution < 1.29 is 9.13 Å². The molecule has 0 spiro atoms. The highest BCUT2D eigenvalue weighted by atomic mass is 19.1. The van der Waals surface area contributed by atoms with Crippen molar-refractivity contribution in [3.8, 4) is 0 Å².